The lowest BCUT2D eigenvalue weighted by atomic mass is 10.1. The Morgan fingerprint density at radius 3 is 2.74 bits per heavy atom. The normalized spacial score (nSPS) is 19.9. The lowest BCUT2D eigenvalue weighted by Crippen LogP contribution is -2.43. The number of benzene rings is 1. The van der Waals surface area contributed by atoms with Gasteiger partial charge in [-0.25, -0.2) is 12.8 Å². The molecular weight excluding hydrogens is 367 g/mol. The number of halogens is 1. The van der Waals surface area contributed by atoms with Crippen molar-refractivity contribution in [2.24, 2.45) is 0 Å². The molecule has 0 atom stereocenters. The number of H-pyrrole nitrogens is 1. The number of aromatic amines is 1. The summed E-state index contributed by atoms with van der Waals surface area (Å²) in [6.07, 6.45) is 2.06. The average Bonchev–Trinajstić information content (AvgIpc) is 3.18. The summed E-state index contributed by atoms with van der Waals surface area (Å²) in [5.41, 5.74) is 3.04. The minimum Gasteiger partial charge on any atom is -0.377 e. The molecule has 0 radical (unpaired) electrons. The molecule has 1 saturated heterocycles. The first-order valence-electron chi connectivity index (χ1n) is 9.27. The summed E-state index contributed by atoms with van der Waals surface area (Å²) < 4.78 is 38.3. The predicted molar refractivity (Wildman–Crippen MR) is 103 cm³/mol. The summed E-state index contributed by atoms with van der Waals surface area (Å²) in [6.45, 7) is 5.21. The van der Waals surface area contributed by atoms with Crippen LogP contribution < -0.4 is 5.32 Å². The lowest BCUT2D eigenvalue weighted by Gasteiger charge is -2.32. The van der Waals surface area contributed by atoms with Crippen molar-refractivity contribution in [3.63, 3.8) is 0 Å². The second-order valence-electron chi connectivity index (χ2n) is 7.43. The van der Waals surface area contributed by atoms with Gasteiger partial charge in [0.25, 0.3) is 0 Å². The Labute approximate surface area is 159 Å². The summed E-state index contributed by atoms with van der Waals surface area (Å²) in [6, 6.07) is 5.30. The molecule has 4 rings (SSSR count). The summed E-state index contributed by atoms with van der Waals surface area (Å²) in [5.74, 6) is -0.119. The van der Waals surface area contributed by atoms with Crippen LogP contribution in [0.4, 0.5) is 10.1 Å². The molecule has 0 saturated carbocycles. The van der Waals surface area contributed by atoms with Crippen molar-refractivity contribution < 1.29 is 12.8 Å². The second kappa shape index (κ2) is 7.26. The van der Waals surface area contributed by atoms with Gasteiger partial charge >= 0.3 is 0 Å². The van der Waals surface area contributed by atoms with E-state index >= 15 is 0 Å². The molecule has 27 heavy (non-hydrogen) atoms. The van der Waals surface area contributed by atoms with E-state index in [0.717, 1.165) is 49.5 Å². The third kappa shape index (κ3) is 3.88. The van der Waals surface area contributed by atoms with Crippen molar-refractivity contribution in [2.45, 2.75) is 24.4 Å². The third-order valence-corrected chi connectivity index (χ3v) is 7.26. The number of nitrogens with one attached hydrogen (secondary N) is 2. The highest BCUT2D eigenvalue weighted by atomic mass is 32.2. The van der Waals surface area contributed by atoms with Crippen LogP contribution in [-0.4, -0.2) is 62.2 Å². The zero-order valence-electron chi connectivity index (χ0n) is 15.5. The fraction of sp³-hybridized carbons (Fsp3) is 0.474. The third-order valence-electron chi connectivity index (χ3n) is 5.49. The van der Waals surface area contributed by atoms with Crippen molar-refractivity contribution in [3.8, 4) is 0 Å². The molecule has 0 aliphatic carbocycles. The summed E-state index contributed by atoms with van der Waals surface area (Å²) in [7, 11) is -1.02. The molecule has 0 amide bonds. The predicted octanol–water partition coefficient (Wildman–Crippen LogP) is 1.84. The Morgan fingerprint density at radius 1 is 1.22 bits per heavy atom. The zero-order chi connectivity index (χ0) is 19.0. The van der Waals surface area contributed by atoms with Gasteiger partial charge in [-0.1, -0.05) is 6.07 Å². The Balaban J connectivity index is 1.39. The largest absolute Gasteiger partial charge is 0.377 e. The maximum absolute atomic E-state index is 14.5. The molecule has 3 heterocycles. The lowest BCUT2D eigenvalue weighted by molar-refractivity contribution is 0.148. The van der Waals surface area contributed by atoms with Gasteiger partial charge in [-0.3, -0.25) is 4.90 Å². The molecule has 6 nitrogen and oxygen atoms in total. The topological polar surface area (TPSA) is 68.4 Å². The van der Waals surface area contributed by atoms with Gasteiger partial charge in [0.15, 0.2) is 9.84 Å². The first-order chi connectivity index (χ1) is 12.9. The molecule has 2 N–H and O–H groups in total. The van der Waals surface area contributed by atoms with E-state index in [1.54, 1.807) is 18.3 Å². The Hall–Kier alpha value is -1.90. The van der Waals surface area contributed by atoms with Gasteiger partial charge in [0.2, 0.25) is 0 Å². The van der Waals surface area contributed by atoms with Gasteiger partial charge in [-0.05, 0) is 36.7 Å². The molecular formula is C19H25FN4O2S. The van der Waals surface area contributed by atoms with Crippen molar-refractivity contribution >= 4 is 15.5 Å². The van der Waals surface area contributed by atoms with E-state index in [9.17, 15) is 12.8 Å². The minimum atomic E-state index is -3.14. The van der Waals surface area contributed by atoms with E-state index in [1.807, 2.05) is 6.07 Å². The number of fused-ring (bicyclic) bond motifs is 1. The smallest absolute Gasteiger partial charge is 0.180 e. The van der Waals surface area contributed by atoms with Gasteiger partial charge in [-0.15, -0.1) is 0 Å². The highest BCUT2D eigenvalue weighted by molar-refractivity contribution is 7.91. The molecule has 2 aromatic rings. The van der Waals surface area contributed by atoms with E-state index in [1.165, 1.54) is 0 Å². The molecule has 2 aliphatic heterocycles. The number of sulfone groups is 1. The highest BCUT2D eigenvalue weighted by Gasteiger charge is 2.29. The van der Waals surface area contributed by atoms with E-state index in [2.05, 4.69) is 27.1 Å². The van der Waals surface area contributed by atoms with Crippen molar-refractivity contribution in [1.82, 2.24) is 14.8 Å². The molecule has 8 heteroatoms. The average molecular weight is 393 g/mol. The fourth-order valence-corrected chi connectivity index (χ4v) is 5.31. The number of nitrogens with zero attached hydrogens (tertiary/aromatic N) is 2. The van der Waals surface area contributed by atoms with E-state index in [-0.39, 0.29) is 11.6 Å². The first-order valence-corrected chi connectivity index (χ1v) is 10.9. The number of piperazine rings is 1. The number of hydrogen-bond acceptors (Lipinski definition) is 5. The van der Waals surface area contributed by atoms with Crippen LogP contribution in [0.3, 0.4) is 0 Å². The molecule has 0 spiro atoms. The highest BCUT2D eigenvalue weighted by Crippen LogP contribution is 2.29. The van der Waals surface area contributed by atoms with E-state index in [4.69, 9.17) is 0 Å². The van der Waals surface area contributed by atoms with Gasteiger partial charge in [0.1, 0.15) is 5.82 Å². The maximum Gasteiger partial charge on any atom is 0.180 e. The molecule has 2 aliphatic rings. The van der Waals surface area contributed by atoms with Crippen molar-refractivity contribution in [1.29, 1.82) is 0 Å². The van der Waals surface area contributed by atoms with Crippen molar-refractivity contribution in [2.75, 3.05) is 44.3 Å². The van der Waals surface area contributed by atoms with Crippen LogP contribution >= 0.6 is 0 Å². The second-order valence-corrected chi connectivity index (χ2v) is 9.50. The van der Waals surface area contributed by atoms with Crippen LogP contribution in [-0.2, 0) is 29.3 Å². The number of anilines is 1. The number of likely N-dealkylation sites (N-methyl/N-ethyl adjacent to an activating group) is 1. The van der Waals surface area contributed by atoms with Crippen LogP contribution in [0.2, 0.25) is 0 Å². The molecule has 146 valence electrons. The summed E-state index contributed by atoms with van der Waals surface area (Å²) >= 11 is 0. The number of hydrogen-bond donors (Lipinski definition) is 2. The van der Waals surface area contributed by atoms with Crippen LogP contribution in [0, 0.1) is 5.82 Å². The van der Waals surface area contributed by atoms with Crippen LogP contribution in [0.5, 0.6) is 0 Å². The monoisotopic (exact) mass is 392 g/mol. The molecule has 1 aromatic carbocycles. The van der Waals surface area contributed by atoms with E-state index < -0.39 is 9.84 Å². The number of aromatic nitrogens is 1. The standard InChI is InChI=1S/C19H25FN4O2S/c1-23-5-7-24(8-6-23)13-14-2-3-17(16(20)10-14)21-11-18-15-4-9-27(25,26)19(15)12-22-18/h2-3,10,12,21-22H,4-9,11,13H2,1H3. The molecule has 0 unspecified atom stereocenters. The van der Waals surface area contributed by atoms with Crippen LogP contribution in [0.1, 0.15) is 16.8 Å². The zero-order valence-corrected chi connectivity index (χ0v) is 16.3. The SMILES string of the molecule is CN1CCN(Cc2ccc(NCc3[nH]cc4c3CCS4(=O)=O)c(F)c2)CC1. The van der Waals surface area contributed by atoms with Gasteiger partial charge < -0.3 is 15.2 Å². The first kappa shape index (κ1) is 18.5. The maximum atomic E-state index is 14.5. The van der Waals surface area contributed by atoms with Crippen LogP contribution in [0.25, 0.3) is 0 Å². The van der Waals surface area contributed by atoms with Gasteiger partial charge in [0.05, 0.1) is 22.9 Å². The van der Waals surface area contributed by atoms with Gasteiger partial charge in [-0.2, -0.15) is 0 Å². The summed E-state index contributed by atoms with van der Waals surface area (Å²) in [4.78, 5) is 8.04. The van der Waals surface area contributed by atoms with Crippen molar-refractivity contribution in [3.05, 3.63) is 47.0 Å². The quantitative estimate of drug-likeness (QED) is 0.813. The van der Waals surface area contributed by atoms with Gasteiger partial charge in [0, 0.05) is 44.6 Å². The molecule has 1 aromatic heterocycles. The molecule has 0 bridgehead atoms. The Kier molecular flexibility index (Phi) is 4.96. The Morgan fingerprint density at radius 2 is 2.00 bits per heavy atom. The molecule has 1 fully saturated rings. The number of rotatable bonds is 5. The van der Waals surface area contributed by atoms with Crippen LogP contribution in [0.15, 0.2) is 29.3 Å². The Bertz CT molecular complexity index is 933. The summed E-state index contributed by atoms with van der Waals surface area (Å²) in [5, 5.41) is 3.09. The van der Waals surface area contributed by atoms with E-state index in [0.29, 0.717) is 23.5 Å². The fourth-order valence-electron chi connectivity index (χ4n) is 3.78. The minimum absolute atomic E-state index is 0.161.